The molecule has 0 aliphatic heterocycles. The quantitative estimate of drug-likeness (QED) is 0.778. The Balaban J connectivity index is 2.05. The van der Waals surface area contributed by atoms with Crippen molar-refractivity contribution in [2.45, 2.75) is 32.7 Å². The minimum Gasteiger partial charge on any atom is -0.344 e. The molecule has 0 fully saturated rings. The first-order chi connectivity index (χ1) is 12.5. The van der Waals surface area contributed by atoms with Crippen LogP contribution >= 0.6 is 12.2 Å². The van der Waals surface area contributed by atoms with Crippen LogP contribution in [0.15, 0.2) is 54.6 Å². The van der Waals surface area contributed by atoms with Crippen LogP contribution in [0.1, 0.15) is 47.7 Å². The molecule has 2 rings (SSSR count). The molecule has 134 valence electrons. The van der Waals surface area contributed by atoms with Gasteiger partial charge >= 0.3 is 0 Å². The molecule has 0 atom stereocenters. The summed E-state index contributed by atoms with van der Waals surface area (Å²) in [4.78, 5) is 14.3. The predicted molar refractivity (Wildman–Crippen MR) is 108 cm³/mol. The molecule has 0 aliphatic carbocycles. The molecular formula is C21H23N3OS. The van der Waals surface area contributed by atoms with Crippen molar-refractivity contribution in [1.82, 2.24) is 10.2 Å². The number of carbonyl (C=O) groups excluding carboxylic acids is 1. The lowest BCUT2D eigenvalue weighted by molar-refractivity contribution is 0.0973. The second kappa shape index (κ2) is 9.69. The van der Waals surface area contributed by atoms with Gasteiger partial charge in [0.2, 0.25) is 0 Å². The highest BCUT2D eigenvalue weighted by molar-refractivity contribution is 7.80. The number of benzene rings is 2. The first kappa shape index (κ1) is 19.6. The van der Waals surface area contributed by atoms with Crippen molar-refractivity contribution in [3.8, 4) is 6.07 Å². The van der Waals surface area contributed by atoms with Crippen molar-refractivity contribution in [2.24, 2.45) is 0 Å². The van der Waals surface area contributed by atoms with Gasteiger partial charge in [-0.25, -0.2) is 0 Å². The van der Waals surface area contributed by atoms with E-state index in [0.29, 0.717) is 36.1 Å². The van der Waals surface area contributed by atoms with E-state index in [0.717, 1.165) is 5.56 Å². The second-order valence-corrected chi connectivity index (χ2v) is 6.74. The molecule has 0 saturated carbocycles. The third-order valence-electron chi connectivity index (χ3n) is 4.06. The molecule has 0 aromatic heterocycles. The smallest absolute Gasteiger partial charge is 0.257 e. The van der Waals surface area contributed by atoms with Crippen LogP contribution in [0, 0.1) is 11.3 Å². The highest BCUT2D eigenvalue weighted by Crippen LogP contribution is 2.15. The number of amides is 1. The van der Waals surface area contributed by atoms with Gasteiger partial charge in [-0.1, -0.05) is 56.3 Å². The summed E-state index contributed by atoms with van der Waals surface area (Å²) in [6.45, 7) is 5.24. The summed E-state index contributed by atoms with van der Waals surface area (Å²) in [6, 6.07) is 19.5. The molecule has 0 aliphatic rings. The van der Waals surface area contributed by atoms with Crippen LogP contribution in [0.2, 0.25) is 0 Å². The summed E-state index contributed by atoms with van der Waals surface area (Å²) in [5.74, 6) is 0.181. The Morgan fingerprint density at radius 2 is 1.81 bits per heavy atom. The lowest BCUT2D eigenvalue weighted by Gasteiger charge is -2.24. The van der Waals surface area contributed by atoms with Crippen molar-refractivity contribution in [3.05, 3.63) is 71.3 Å². The zero-order valence-electron chi connectivity index (χ0n) is 15.1. The van der Waals surface area contributed by atoms with E-state index >= 15 is 0 Å². The first-order valence-corrected chi connectivity index (χ1v) is 9.03. The van der Waals surface area contributed by atoms with E-state index in [1.54, 1.807) is 0 Å². The van der Waals surface area contributed by atoms with Crippen molar-refractivity contribution >= 4 is 23.2 Å². The highest BCUT2D eigenvalue weighted by atomic mass is 32.1. The van der Waals surface area contributed by atoms with Gasteiger partial charge in [-0.15, -0.1) is 0 Å². The molecule has 0 saturated heterocycles. The summed E-state index contributed by atoms with van der Waals surface area (Å²) in [7, 11) is 0. The van der Waals surface area contributed by atoms with Crippen molar-refractivity contribution in [3.63, 3.8) is 0 Å². The number of nitriles is 1. The van der Waals surface area contributed by atoms with Crippen LogP contribution in [0.3, 0.4) is 0 Å². The van der Waals surface area contributed by atoms with Gasteiger partial charge in [0.25, 0.3) is 5.91 Å². The maximum atomic E-state index is 12.5. The third-order valence-corrected chi connectivity index (χ3v) is 4.42. The monoisotopic (exact) mass is 365 g/mol. The fourth-order valence-corrected chi connectivity index (χ4v) is 2.76. The zero-order chi connectivity index (χ0) is 18.9. The molecule has 1 amide bonds. The average Bonchev–Trinajstić information content (AvgIpc) is 2.65. The molecule has 4 nitrogen and oxygen atoms in total. The van der Waals surface area contributed by atoms with Gasteiger partial charge in [0, 0.05) is 18.7 Å². The molecule has 0 heterocycles. The number of hydrogen-bond donors (Lipinski definition) is 1. The molecule has 0 bridgehead atoms. The number of thiocarbonyl (C=S) groups is 1. The number of nitrogens with one attached hydrogen (secondary N) is 1. The highest BCUT2D eigenvalue weighted by Gasteiger charge is 2.14. The Bertz CT molecular complexity index is 779. The van der Waals surface area contributed by atoms with E-state index in [-0.39, 0.29) is 5.91 Å². The zero-order valence-corrected chi connectivity index (χ0v) is 15.9. The van der Waals surface area contributed by atoms with E-state index in [9.17, 15) is 4.79 Å². The van der Waals surface area contributed by atoms with Gasteiger partial charge in [0.05, 0.1) is 12.5 Å². The lowest BCUT2D eigenvalue weighted by Crippen LogP contribution is -2.42. The Kier molecular flexibility index (Phi) is 7.31. The Labute approximate surface area is 160 Å². The molecule has 5 heteroatoms. The van der Waals surface area contributed by atoms with Gasteiger partial charge in [-0.2, -0.15) is 5.26 Å². The fourth-order valence-electron chi connectivity index (χ4n) is 2.51. The van der Waals surface area contributed by atoms with E-state index in [2.05, 4.69) is 25.2 Å². The van der Waals surface area contributed by atoms with E-state index in [1.165, 1.54) is 5.56 Å². The van der Waals surface area contributed by atoms with Gasteiger partial charge in [0.15, 0.2) is 5.11 Å². The SMILES string of the molecule is CC(C)c1ccc(C(=O)NC(=S)N(CCC#N)Cc2ccccc2)cc1. The van der Waals surface area contributed by atoms with Crippen LogP contribution in [0.5, 0.6) is 0 Å². The number of hydrogen-bond acceptors (Lipinski definition) is 3. The summed E-state index contributed by atoms with van der Waals surface area (Å²) in [6.07, 6.45) is 0.339. The number of carbonyl (C=O) groups is 1. The van der Waals surface area contributed by atoms with E-state index in [1.807, 2.05) is 59.5 Å². The molecular weight excluding hydrogens is 342 g/mol. The van der Waals surface area contributed by atoms with Crippen molar-refractivity contribution in [2.75, 3.05) is 6.54 Å². The van der Waals surface area contributed by atoms with Crippen LogP contribution in [-0.4, -0.2) is 22.5 Å². The number of rotatable bonds is 6. The molecule has 0 spiro atoms. The third kappa shape index (κ3) is 5.68. The maximum absolute atomic E-state index is 12.5. The minimum atomic E-state index is -0.236. The Morgan fingerprint density at radius 3 is 2.38 bits per heavy atom. The van der Waals surface area contributed by atoms with Crippen LogP contribution in [0.25, 0.3) is 0 Å². The topological polar surface area (TPSA) is 56.1 Å². The average molecular weight is 366 g/mol. The lowest BCUT2D eigenvalue weighted by atomic mass is 10.0. The summed E-state index contributed by atoms with van der Waals surface area (Å²) in [5, 5.41) is 12.0. The normalized spacial score (nSPS) is 10.2. The second-order valence-electron chi connectivity index (χ2n) is 6.35. The van der Waals surface area contributed by atoms with Gasteiger partial charge in [-0.05, 0) is 41.4 Å². The first-order valence-electron chi connectivity index (χ1n) is 8.62. The largest absolute Gasteiger partial charge is 0.344 e. The molecule has 0 unspecified atom stereocenters. The van der Waals surface area contributed by atoms with Crippen LogP contribution in [0.4, 0.5) is 0 Å². The number of nitrogens with zero attached hydrogens (tertiary/aromatic N) is 2. The van der Waals surface area contributed by atoms with Gasteiger partial charge < -0.3 is 4.90 Å². The standard InChI is InChI=1S/C21H23N3OS/c1-16(2)18-9-11-19(12-10-18)20(25)23-21(26)24(14-6-13-22)15-17-7-4-3-5-8-17/h3-5,7-12,16H,6,14-15H2,1-2H3,(H,23,25,26). The summed E-state index contributed by atoms with van der Waals surface area (Å²) in [5.41, 5.74) is 2.82. The van der Waals surface area contributed by atoms with Gasteiger partial charge in [0.1, 0.15) is 0 Å². The maximum Gasteiger partial charge on any atom is 0.257 e. The van der Waals surface area contributed by atoms with Crippen molar-refractivity contribution < 1.29 is 4.79 Å². The molecule has 1 N–H and O–H groups in total. The molecule has 0 radical (unpaired) electrons. The predicted octanol–water partition coefficient (Wildman–Crippen LogP) is 4.24. The fraction of sp³-hybridized carbons (Fsp3) is 0.286. The Hall–Kier alpha value is -2.71. The van der Waals surface area contributed by atoms with E-state index < -0.39 is 0 Å². The minimum absolute atomic E-state index is 0.236. The molecule has 26 heavy (non-hydrogen) atoms. The summed E-state index contributed by atoms with van der Waals surface area (Å²) < 4.78 is 0. The summed E-state index contributed by atoms with van der Waals surface area (Å²) >= 11 is 5.42. The Morgan fingerprint density at radius 1 is 1.15 bits per heavy atom. The molecule has 2 aromatic carbocycles. The molecule has 2 aromatic rings. The van der Waals surface area contributed by atoms with E-state index in [4.69, 9.17) is 17.5 Å². The van der Waals surface area contributed by atoms with Crippen LogP contribution < -0.4 is 5.32 Å². The van der Waals surface area contributed by atoms with Crippen molar-refractivity contribution in [1.29, 1.82) is 5.26 Å². The van der Waals surface area contributed by atoms with Gasteiger partial charge in [-0.3, -0.25) is 10.1 Å². The van der Waals surface area contributed by atoms with Crippen LogP contribution in [-0.2, 0) is 6.54 Å².